The number of hydrogen-bond donors (Lipinski definition) is 2. The van der Waals surface area contributed by atoms with Gasteiger partial charge in [0.25, 0.3) is 5.91 Å². The Kier molecular flexibility index (Phi) is 7.15. The van der Waals surface area contributed by atoms with E-state index in [1.807, 2.05) is 6.92 Å². The second kappa shape index (κ2) is 9.81. The van der Waals surface area contributed by atoms with E-state index in [0.717, 1.165) is 15.8 Å². The first-order valence-electron chi connectivity index (χ1n) is 10.2. The molecule has 0 aliphatic carbocycles. The summed E-state index contributed by atoms with van der Waals surface area (Å²) in [6.45, 7) is 3.17. The third-order valence-electron chi connectivity index (χ3n) is 5.27. The molecule has 4 heterocycles. The summed E-state index contributed by atoms with van der Waals surface area (Å²) in [6, 6.07) is -0.0162. The molecule has 2 N–H and O–H groups in total. The van der Waals surface area contributed by atoms with Gasteiger partial charge >= 0.3 is 12.1 Å². The molecule has 0 aromatic carbocycles. The highest BCUT2D eigenvalue weighted by molar-refractivity contribution is 8.01. The van der Waals surface area contributed by atoms with E-state index in [1.165, 1.54) is 46.7 Å². The van der Waals surface area contributed by atoms with E-state index in [2.05, 4.69) is 20.6 Å². The lowest BCUT2D eigenvalue weighted by molar-refractivity contribution is -0.150. The van der Waals surface area contributed by atoms with Gasteiger partial charge in [-0.3, -0.25) is 19.2 Å². The van der Waals surface area contributed by atoms with Crippen molar-refractivity contribution >= 4 is 52.6 Å². The average Bonchev–Trinajstić information content (AvgIpc) is 3.38. The number of aryl methyl sites for hydroxylation is 3. The molecule has 0 radical (unpaired) electrons. The number of nitrogens with one attached hydrogen (secondary N) is 1. The fourth-order valence-electron chi connectivity index (χ4n) is 3.61. The standard InChI is InChI=1S/C19H19F3N6O4S3/c1-8-5-11(19(20,21)22)26-27(8)4-3-12(29)23-13-15(30)28-14(17(31)32)10(6-33-16(13)28)7-34-18-25-24-9(2)35-18/h5,13,16H,3-4,6-7H2,1-2H3,(H,23,29)(H,31,32). The van der Waals surface area contributed by atoms with Crippen molar-refractivity contribution in [2.75, 3.05) is 11.5 Å². The summed E-state index contributed by atoms with van der Waals surface area (Å²) >= 11 is 4.07. The zero-order valence-corrected chi connectivity index (χ0v) is 20.8. The van der Waals surface area contributed by atoms with Crippen LogP contribution in [0, 0.1) is 13.8 Å². The number of carbonyl (C=O) groups excluding carboxylic acids is 2. The van der Waals surface area contributed by atoms with Crippen LogP contribution in [-0.4, -0.2) is 70.7 Å². The largest absolute Gasteiger partial charge is 0.477 e. The van der Waals surface area contributed by atoms with Gasteiger partial charge in [-0.25, -0.2) is 4.79 Å². The zero-order valence-electron chi connectivity index (χ0n) is 18.3. The van der Waals surface area contributed by atoms with Gasteiger partial charge in [0.15, 0.2) is 10.0 Å². The Bertz CT molecular complexity index is 1210. The number of hydrogen-bond acceptors (Lipinski definition) is 9. The van der Waals surface area contributed by atoms with Crippen LogP contribution in [0.1, 0.15) is 22.8 Å². The number of nitrogens with zero attached hydrogens (tertiary/aromatic N) is 5. The van der Waals surface area contributed by atoms with Crippen molar-refractivity contribution in [3.05, 3.63) is 33.7 Å². The lowest BCUT2D eigenvalue weighted by atomic mass is 10.0. The fraction of sp³-hybridized carbons (Fsp3) is 0.474. The number of carbonyl (C=O) groups is 3. The quantitative estimate of drug-likeness (QED) is 0.377. The molecule has 35 heavy (non-hydrogen) atoms. The maximum Gasteiger partial charge on any atom is 0.435 e. The Morgan fingerprint density at radius 3 is 2.66 bits per heavy atom. The van der Waals surface area contributed by atoms with E-state index < -0.39 is 41.1 Å². The second-order valence-corrected chi connectivity index (χ2v) is 11.2. The van der Waals surface area contributed by atoms with E-state index in [-0.39, 0.29) is 24.4 Å². The Morgan fingerprint density at radius 1 is 1.31 bits per heavy atom. The number of carboxylic acids is 1. The topological polar surface area (TPSA) is 130 Å². The van der Waals surface area contributed by atoms with Gasteiger partial charge in [-0.05, 0) is 25.5 Å². The molecule has 1 saturated heterocycles. The Labute approximate surface area is 209 Å². The summed E-state index contributed by atoms with van der Waals surface area (Å²) in [5.74, 6) is -1.62. The summed E-state index contributed by atoms with van der Waals surface area (Å²) < 4.78 is 40.2. The Hall–Kier alpha value is -2.59. The van der Waals surface area contributed by atoms with Crippen molar-refractivity contribution in [3.63, 3.8) is 0 Å². The molecule has 188 valence electrons. The molecule has 1 fully saturated rings. The first-order valence-corrected chi connectivity index (χ1v) is 13.0. The van der Waals surface area contributed by atoms with Gasteiger partial charge in [0.05, 0.1) is 0 Å². The molecule has 2 amide bonds. The maximum atomic E-state index is 12.8. The van der Waals surface area contributed by atoms with Gasteiger partial charge in [0.1, 0.15) is 22.1 Å². The molecule has 16 heteroatoms. The Balaban J connectivity index is 1.37. The average molecular weight is 549 g/mol. The predicted molar refractivity (Wildman–Crippen MR) is 122 cm³/mol. The van der Waals surface area contributed by atoms with Crippen LogP contribution in [0.5, 0.6) is 0 Å². The summed E-state index contributed by atoms with van der Waals surface area (Å²) in [4.78, 5) is 38.3. The van der Waals surface area contributed by atoms with Gasteiger partial charge in [-0.2, -0.15) is 18.3 Å². The second-order valence-electron chi connectivity index (χ2n) is 7.73. The van der Waals surface area contributed by atoms with Crippen molar-refractivity contribution in [1.29, 1.82) is 0 Å². The SMILES string of the molecule is Cc1nnc(SCC2=C(C(=O)O)N3C(=O)C(NC(=O)CCn4nc(C(F)(F)F)cc4C)C3SC2)s1. The molecule has 2 aromatic rings. The number of fused-ring (bicyclic) bond motifs is 1. The molecule has 0 spiro atoms. The van der Waals surface area contributed by atoms with Crippen LogP contribution >= 0.6 is 34.9 Å². The summed E-state index contributed by atoms with van der Waals surface area (Å²) in [5.41, 5.74) is -0.305. The van der Waals surface area contributed by atoms with Gasteiger partial charge in [-0.1, -0.05) is 23.1 Å². The molecular formula is C19H19F3N6O4S3. The van der Waals surface area contributed by atoms with Crippen LogP contribution in [0.25, 0.3) is 0 Å². The van der Waals surface area contributed by atoms with Crippen molar-refractivity contribution in [2.24, 2.45) is 0 Å². The van der Waals surface area contributed by atoms with E-state index in [4.69, 9.17) is 0 Å². The van der Waals surface area contributed by atoms with E-state index in [1.54, 1.807) is 0 Å². The number of rotatable bonds is 8. The zero-order chi connectivity index (χ0) is 25.5. The molecular weight excluding hydrogens is 529 g/mol. The van der Waals surface area contributed by atoms with E-state index in [0.29, 0.717) is 21.4 Å². The lowest BCUT2D eigenvalue weighted by Gasteiger charge is -2.49. The third-order valence-corrected chi connectivity index (χ3v) is 8.66. The number of thioether (sulfide) groups is 2. The van der Waals surface area contributed by atoms with Crippen LogP contribution in [0.3, 0.4) is 0 Å². The van der Waals surface area contributed by atoms with Crippen molar-refractivity contribution < 1.29 is 32.7 Å². The molecule has 2 aliphatic rings. The first-order chi connectivity index (χ1) is 16.5. The molecule has 10 nitrogen and oxygen atoms in total. The van der Waals surface area contributed by atoms with Crippen molar-refractivity contribution in [1.82, 2.24) is 30.2 Å². The monoisotopic (exact) mass is 548 g/mol. The third kappa shape index (κ3) is 5.33. The lowest BCUT2D eigenvalue weighted by Crippen LogP contribution is -2.70. The normalized spacial score (nSPS) is 20.0. The minimum absolute atomic E-state index is 0.0927. The van der Waals surface area contributed by atoms with Crippen LogP contribution in [0.2, 0.25) is 0 Å². The minimum atomic E-state index is -4.58. The highest BCUT2D eigenvalue weighted by atomic mass is 32.2. The van der Waals surface area contributed by atoms with Gasteiger partial charge in [-0.15, -0.1) is 22.0 Å². The number of halogens is 3. The van der Waals surface area contributed by atoms with Crippen LogP contribution in [0.4, 0.5) is 13.2 Å². The number of aliphatic carboxylic acids is 1. The minimum Gasteiger partial charge on any atom is -0.477 e. The highest BCUT2D eigenvalue weighted by Gasteiger charge is 2.54. The Morgan fingerprint density at radius 2 is 2.06 bits per heavy atom. The molecule has 2 aliphatic heterocycles. The van der Waals surface area contributed by atoms with E-state index >= 15 is 0 Å². The summed E-state index contributed by atoms with van der Waals surface area (Å²) in [7, 11) is 0. The summed E-state index contributed by atoms with van der Waals surface area (Å²) in [6.07, 6.45) is -4.77. The maximum absolute atomic E-state index is 12.8. The smallest absolute Gasteiger partial charge is 0.435 e. The number of aromatic nitrogens is 4. The van der Waals surface area contributed by atoms with Crippen LogP contribution < -0.4 is 5.32 Å². The van der Waals surface area contributed by atoms with Crippen molar-refractivity contribution in [3.8, 4) is 0 Å². The fourth-order valence-corrected chi connectivity index (χ4v) is 6.91. The van der Waals surface area contributed by atoms with Crippen LogP contribution in [0.15, 0.2) is 21.7 Å². The molecule has 2 atom stereocenters. The number of alkyl halides is 3. The predicted octanol–water partition coefficient (Wildman–Crippen LogP) is 2.29. The number of carboxylic acid groups (broad SMARTS) is 1. The van der Waals surface area contributed by atoms with E-state index in [9.17, 15) is 32.7 Å². The highest BCUT2D eigenvalue weighted by Crippen LogP contribution is 2.41. The van der Waals surface area contributed by atoms with Crippen LogP contribution in [-0.2, 0) is 27.1 Å². The molecule has 0 bridgehead atoms. The summed E-state index contributed by atoms with van der Waals surface area (Å²) in [5, 5.41) is 23.9. The number of β-lactam (4-membered cyclic amide) rings is 1. The van der Waals surface area contributed by atoms with Gasteiger partial charge in [0, 0.05) is 30.2 Å². The molecule has 2 aromatic heterocycles. The molecule has 2 unspecified atom stereocenters. The van der Waals surface area contributed by atoms with Gasteiger partial charge < -0.3 is 10.4 Å². The van der Waals surface area contributed by atoms with Gasteiger partial charge in [0.2, 0.25) is 5.91 Å². The van der Waals surface area contributed by atoms with Crippen molar-refractivity contribution in [2.45, 2.75) is 48.7 Å². The first kappa shape index (κ1) is 25.5. The molecule has 0 saturated carbocycles. The molecule has 4 rings (SSSR count). The number of amides is 2.